The lowest BCUT2D eigenvalue weighted by Gasteiger charge is -2.08. The maximum absolute atomic E-state index is 13.7. The van der Waals surface area contributed by atoms with Crippen LogP contribution >= 0.6 is 45.8 Å². The molecule has 0 saturated heterocycles. The highest BCUT2D eigenvalue weighted by molar-refractivity contribution is 14.1. The first-order valence-electron chi connectivity index (χ1n) is 5.19. The molecule has 0 saturated carbocycles. The van der Waals surface area contributed by atoms with Gasteiger partial charge in [-0.2, -0.15) is 0 Å². The molecule has 0 aromatic heterocycles. The van der Waals surface area contributed by atoms with Gasteiger partial charge in [-0.15, -0.1) is 0 Å². The molecule has 98 valence electrons. The van der Waals surface area contributed by atoms with E-state index in [-0.39, 0.29) is 10.6 Å². The molecule has 0 bridgehead atoms. The summed E-state index contributed by atoms with van der Waals surface area (Å²) in [5, 5.41) is 3.10. The molecule has 0 aliphatic heterocycles. The lowest BCUT2D eigenvalue weighted by atomic mass is 10.2. The normalized spacial score (nSPS) is 10.3. The van der Waals surface area contributed by atoms with Crippen LogP contribution in [0.5, 0.6) is 0 Å². The smallest absolute Gasteiger partial charge is 0.258 e. The summed E-state index contributed by atoms with van der Waals surface area (Å²) in [7, 11) is 0. The highest BCUT2D eigenvalue weighted by atomic mass is 127. The topological polar surface area (TPSA) is 29.1 Å². The van der Waals surface area contributed by atoms with E-state index in [4.69, 9.17) is 23.2 Å². The minimum Gasteiger partial charge on any atom is -0.321 e. The number of hydrogen-bond donors (Lipinski definition) is 1. The average Bonchev–Trinajstić information content (AvgIpc) is 2.36. The molecule has 0 aliphatic carbocycles. The average molecular weight is 410 g/mol. The van der Waals surface area contributed by atoms with Crippen molar-refractivity contribution in [2.75, 3.05) is 5.32 Å². The number of carbonyl (C=O) groups excluding carboxylic acids is 1. The van der Waals surface area contributed by atoms with E-state index in [1.54, 1.807) is 18.2 Å². The molecule has 0 atom stereocenters. The van der Waals surface area contributed by atoms with Crippen molar-refractivity contribution >= 4 is 57.4 Å². The maximum Gasteiger partial charge on any atom is 0.258 e. The molecule has 2 rings (SSSR count). The Balaban J connectivity index is 2.28. The van der Waals surface area contributed by atoms with Crippen molar-refractivity contribution in [2.45, 2.75) is 0 Å². The zero-order valence-corrected chi connectivity index (χ0v) is 13.1. The predicted octanol–water partition coefficient (Wildman–Crippen LogP) is 4.99. The highest BCUT2D eigenvalue weighted by Crippen LogP contribution is 2.24. The molecule has 0 fully saturated rings. The zero-order valence-electron chi connectivity index (χ0n) is 9.38. The second kappa shape index (κ2) is 6.07. The summed E-state index contributed by atoms with van der Waals surface area (Å²) in [6.07, 6.45) is 0. The van der Waals surface area contributed by atoms with E-state index in [9.17, 15) is 9.18 Å². The molecule has 0 radical (unpaired) electrons. The predicted molar refractivity (Wildman–Crippen MR) is 83.5 cm³/mol. The summed E-state index contributed by atoms with van der Waals surface area (Å²) in [6, 6.07) is 9.29. The summed E-state index contributed by atoms with van der Waals surface area (Å²) < 4.78 is 14.5. The monoisotopic (exact) mass is 409 g/mol. The van der Waals surface area contributed by atoms with Gasteiger partial charge in [-0.05, 0) is 52.9 Å². The van der Waals surface area contributed by atoms with Gasteiger partial charge in [-0.25, -0.2) is 4.39 Å². The van der Waals surface area contributed by atoms with E-state index in [2.05, 4.69) is 5.32 Å². The van der Waals surface area contributed by atoms with E-state index in [0.29, 0.717) is 10.7 Å². The number of benzene rings is 2. The summed E-state index contributed by atoms with van der Waals surface area (Å²) in [5.41, 5.74) is 0.465. The number of amides is 1. The summed E-state index contributed by atoms with van der Waals surface area (Å²) in [5.74, 6) is -1.29. The first-order chi connectivity index (χ1) is 8.99. The lowest BCUT2D eigenvalue weighted by Crippen LogP contribution is -2.14. The van der Waals surface area contributed by atoms with E-state index in [1.807, 2.05) is 22.6 Å². The molecule has 2 aromatic rings. The van der Waals surface area contributed by atoms with Gasteiger partial charge in [0.15, 0.2) is 5.82 Å². The third kappa shape index (κ3) is 3.38. The highest BCUT2D eigenvalue weighted by Gasteiger charge is 2.15. The van der Waals surface area contributed by atoms with Crippen LogP contribution in [0.2, 0.25) is 10.0 Å². The lowest BCUT2D eigenvalue weighted by molar-refractivity contribution is 0.102. The molecule has 0 heterocycles. The van der Waals surface area contributed by atoms with Gasteiger partial charge in [0.05, 0.1) is 16.3 Å². The molecule has 1 N–H and O–H groups in total. The van der Waals surface area contributed by atoms with Crippen LogP contribution in [0.3, 0.4) is 0 Å². The third-order valence-electron chi connectivity index (χ3n) is 2.38. The molecule has 6 heteroatoms. The van der Waals surface area contributed by atoms with Gasteiger partial charge in [-0.1, -0.05) is 29.3 Å². The Bertz CT molecular complexity index is 649. The van der Waals surface area contributed by atoms with E-state index in [1.165, 1.54) is 18.2 Å². The van der Waals surface area contributed by atoms with Crippen molar-refractivity contribution in [2.24, 2.45) is 0 Å². The van der Waals surface area contributed by atoms with E-state index < -0.39 is 11.7 Å². The fraction of sp³-hybridized carbons (Fsp3) is 0. The molecule has 0 unspecified atom stereocenters. The maximum atomic E-state index is 13.7. The largest absolute Gasteiger partial charge is 0.321 e. The Hall–Kier alpha value is -0.850. The van der Waals surface area contributed by atoms with Crippen molar-refractivity contribution < 1.29 is 9.18 Å². The summed E-state index contributed by atoms with van der Waals surface area (Å²) >= 11 is 13.5. The van der Waals surface area contributed by atoms with Crippen LogP contribution in [0.1, 0.15) is 10.4 Å². The van der Waals surface area contributed by atoms with Crippen LogP contribution in [0.25, 0.3) is 0 Å². The van der Waals surface area contributed by atoms with Crippen molar-refractivity contribution in [1.29, 1.82) is 0 Å². The van der Waals surface area contributed by atoms with Crippen LogP contribution < -0.4 is 5.32 Å². The molecule has 2 aromatic carbocycles. The number of nitrogens with one attached hydrogen (secondary N) is 1. The Morgan fingerprint density at radius 2 is 1.95 bits per heavy atom. The van der Waals surface area contributed by atoms with Gasteiger partial charge in [0, 0.05) is 8.59 Å². The molecule has 0 spiro atoms. The molecule has 1 amide bonds. The molecular formula is C13H7Cl2FINO. The van der Waals surface area contributed by atoms with Crippen molar-refractivity contribution in [1.82, 2.24) is 0 Å². The van der Waals surface area contributed by atoms with Gasteiger partial charge < -0.3 is 5.32 Å². The SMILES string of the molecule is O=C(Nc1ccc(Cl)cc1I)c1cccc(Cl)c1F. The van der Waals surface area contributed by atoms with E-state index >= 15 is 0 Å². The third-order valence-corrected chi connectivity index (χ3v) is 3.80. The van der Waals surface area contributed by atoms with Crippen molar-refractivity contribution in [3.63, 3.8) is 0 Å². The van der Waals surface area contributed by atoms with Crippen LogP contribution in [0.4, 0.5) is 10.1 Å². The zero-order chi connectivity index (χ0) is 14.0. The van der Waals surface area contributed by atoms with Gasteiger partial charge in [0.1, 0.15) is 0 Å². The molecule has 0 aliphatic rings. The Labute approximate surface area is 133 Å². The summed E-state index contributed by atoms with van der Waals surface area (Å²) in [4.78, 5) is 12.0. The fourth-order valence-corrected chi connectivity index (χ4v) is 2.64. The van der Waals surface area contributed by atoms with Crippen LogP contribution in [-0.4, -0.2) is 5.91 Å². The molecule has 19 heavy (non-hydrogen) atoms. The van der Waals surface area contributed by atoms with Crippen LogP contribution in [0.15, 0.2) is 36.4 Å². The first-order valence-corrected chi connectivity index (χ1v) is 7.03. The quantitative estimate of drug-likeness (QED) is 0.695. The van der Waals surface area contributed by atoms with Crippen LogP contribution in [0, 0.1) is 9.39 Å². The molecule has 2 nitrogen and oxygen atoms in total. The van der Waals surface area contributed by atoms with Crippen molar-refractivity contribution in [3.8, 4) is 0 Å². The van der Waals surface area contributed by atoms with Gasteiger partial charge in [0.25, 0.3) is 5.91 Å². The van der Waals surface area contributed by atoms with E-state index in [0.717, 1.165) is 3.57 Å². The Morgan fingerprint density at radius 3 is 2.63 bits per heavy atom. The number of carbonyl (C=O) groups is 1. The standard InChI is InChI=1S/C13H7Cl2FINO/c14-7-4-5-11(10(17)6-7)18-13(19)8-2-1-3-9(15)12(8)16/h1-6H,(H,18,19). The van der Waals surface area contributed by atoms with Gasteiger partial charge in [0.2, 0.25) is 0 Å². The second-order valence-electron chi connectivity index (χ2n) is 3.68. The molecular weight excluding hydrogens is 403 g/mol. The van der Waals surface area contributed by atoms with Crippen LogP contribution in [-0.2, 0) is 0 Å². The fourth-order valence-electron chi connectivity index (χ4n) is 1.46. The Morgan fingerprint density at radius 1 is 1.21 bits per heavy atom. The minimum atomic E-state index is -0.731. The summed E-state index contributed by atoms with van der Waals surface area (Å²) in [6.45, 7) is 0. The van der Waals surface area contributed by atoms with Gasteiger partial charge in [-0.3, -0.25) is 4.79 Å². The minimum absolute atomic E-state index is 0.0848. The first kappa shape index (κ1) is 14.6. The second-order valence-corrected chi connectivity index (χ2v) is 5.69. The number of halogens is 4. The van der Waals surface area contributed by atoms with Crippen molar-refractivity contribution in [3.05, 3.63) is 61.4 Å². The number of hydrogen-bond acceptors (Lipinski definition) is 1. The Kier molecular flexibility index (Phi) is 4.65. The number of rotatable bonds is 2. The number of anilines is 1. The van der Waals surface area contributed by atoms with Gasteiger partial charge >= 0.3 is 0 Å².